The number of amides is 1. The monoisotopic (exact) mass is 394 g/mol. The maximum Gasteiger partial charge on any atom is 0.407 e. The van der Waals surface area contributed by atoms with Crippen molar-refractivity contribution in [2.45, 2.75) is 32.8 Å². The smallest absolute Gasteiger partial charge is 0.407 e. The Kier molecular flexibility index (Phi) is 6.22. The molecule has 0 saturated carbocycles. The van der Waals surface area contributed by atoms with Crippen LogP contribution < -0.4 is 10.1 Å². The van der Waals surface area contributed by atoms with Gasteiger partial charge >= 0.3 is 11.8 Å². The number of nitro groups is 1. The molecule has 0 radical (unpaired) electrons. The van der Waals surface area contributed by atoms with Gasteiger partial charge in [-0.25, -0.2) is 9.18 Å². The Morgan fingerprint density at radius 1 is 1.36 bits per heavy atom. The summed E-state index contributed by atoms with van der Waals surface area (Å²) in [6.07, 6.45) is 1.28. The lowest BCUT2D eigenvalue weighted by Crippen LogP contribution is -2.33. The largest absolute Gasteiger partial charge is 0.490 e. The third-order valence-electron chi connectivity index (χ3n) is 3.69. The first-order valence-corrected chi connectivity index (χ1v) is 8.53. The minimum Gasteiger partial charge on any atom is -0.490 e. The summed E-state index contributed by atoms with van der Waals surface area (Å²) in [5.41, 5.74) is -0.0482. The molecule has 28 heavy (non-hydrogen) atoms. The van der Waals surface area contributed by atoms with Crippen LogP contribution in [0.25, 0.3) is 11.1 Å². The second-order valence-electron chi connectivity index (χ2n) is 7.10. The Morgan fingerprint density at radius 2 is 2.04 bits per heavy atom. The number of alkyl carbamates (subject to hydrolysis) is 1. The van der Waals surface area contributed by atoms with Crippen LogP contribution in [0.5, 0.6) is 5.75 Å². The summed E-state index contributed by atoms with van der Waals surface area (Å²) < 4.78 is 26.1. The van der Waals surface area contributed by atoms with E-state index < -0.39 is 22.4 Å². The fourth-order valence-electron chi connectivity index (χ4n) is 2.60. The maximum atomic E-state index is 14.6. The number of rotatable bonds is 6. The normalized spacial score (nSPS) is 11.2. The van der Waals surface area contributed by atoms with Crippen LogP contribution in [0.15, 0.2) is 18.3 Å². The van der Waals surface area contributed by atoms with Gasteiger partial charge in [-0.1, -0.05) is 0 Å². The summed E-state index contributed by atoms with van der Waals surface area (Å²) in [6, 6.07) is 2.10. The van der Waals surface area contributed by atoms with Gasteiger partial charge in [-0.3, -0.25) is 14.8 Å². The summed E-state index contributed by atoms with van der Waals surface area (Å²) in [5, 5.41) is 18.1. The standard InChI is InChI=1S/C18H23FN4O5/c1-18(2,3)28-17(24)20-7-6-14-12(10-22(4)21-14)11-8-15(23(25)26)16(27-5)9-13(11)19/h8-10H,6-7H2,1-5H3,(H,20,24). The zero-order valence-electron chi connectivity index (χ0n) is 16.4. The summed E-state index contributed by atoms with van der Waals surface area (Å²) in [6.45, 7) is 5.47. The van der Waals surface area contributed by atoms with Crippen molar-refractivity contribution >= 4 is 11.8 Å². The molecular weight excluding hydrogens is 371 g/mol. The minimum absolute atomic E-state index is 0.0351. The van der Waals surface area contributed by atoms with E-state index in [1.165, 1.54) is 11.8 Å². The molecule has 0 spiro atoms. The Hall–Kier alpha value is -3.17. The number of carbonyl (C=O) groups excluding carboxylic acids is 1. The molecule has 1 aromatic carbocycles. The summed E-state index contributed by atoms with van der Waals surface area (Å²) in [5.74, 6) is -0.833. The van der Waals surface area contributed by atoms with Crippen LogP contribution >= 0.6 is 0 Å². The van der Waals surface area contributed by atoms with E-state index >= 15 is 0 Å². The third kappa shape index (κ3) is 5.18. The second-order valence-corrected chi connectivity index (χ2v) is 7.10. The van der Waals surface area contributed by atoms with Gasteiger partial charge in [0.25, 0.3) is 0 Å². The number of nitro benzene ring substituents is 1. The van der Waals surface area contributed by atoms with E-state index in [-0.39, 0.29) is 30.0 Å². The van der Waals surface area contributed by atoms with E-state index in [0.29, 0.717) is 11.3 Å². The van der Waals surface area contributed by atoms with Crippen LogP contribution in [-0.2, 0) is 18.2 Å². The fraction of sp³-hybridized carbons (Fsp3) is 0.444. The highest BCUT2D eigenvalue weighted by Crippen LogP contribution is 2.35. The maximum absolute atomic E-state index is 14.6. The van der Waals surface area contributed by atoms with E-state index in [9.17, 15) is 19.3 Å². The molecule has 0 saturated heterocycles. The van der Waals surface area contributed by atoms with Gasteiger partial charge in [-0.05, 0) is 20.8 Å². The number of nitrogens with one attached hydrogen (secondary N) is 1. The van der Waals surface area contributed by atoms with Crippen LogP contribution in [0, 0.1) is 15.9 Å². The van der Waals surface area contributed by atoms with E-state index in [1.807, 2.05) is 0 Å². The van der Waals surface area contributed by atoms with Crippen molar-refractivity contribution in [2.75, 3.05) is 13.7 Å². The van der Waals surface area contributed by atoms with Gasteiger partial charge < -0.3 is 14.8 Å². The highest BCUT2D eigenvalue weighted by molar-refractivity contribution is 5.71. The van der Waals surface area contributed by atoms with Crippen molar-refractivity contribution < 1.29 is 23.6 Å². The van der Waals surface area contributed by atoms with E-state index in [0.717, 1.165) is 12.1 Å². The Labute approximate surface area is 161 Å². The molecule has 1 heterocycles. The quantitative estimate of drug-likeness (QED) is 0.595. The number of hydrogen-bond acceptors (Lipinski definition) is 6. The number of benzene rings is 1. The first-order valence-electron chi connectivity index (χ1n) is 8.53. The average Bonchev–Trinajstić information content (AvgIpc) is 2.93. The number of carbonyl (C=O) groups is 1. The van der Waals surface area contributed by atoms with E-state index in [2.05, 4.69) is 10.4 Å². The van der Waals surface area contributed by atoms with Crippen LogP contribution in [0.4, 0.5) is 14.9 Å². The van der Waals surface area contributed by atoms with Gasteiger partial charge in [0.1, 0.15) is 11.4 Å². The van der Waals surface area contributed by atoms with Crippen LogP contribution in [-0.4, -0.2) is 40.1 Å². The lowest BCUT2D eigenvalue weighted by Gasteiger charge is -2.19. The Balaban J connectivity index is 2.26. The van der Waals surface area contributed by atoms with Crippen LogP contribution in [0.2, 0.25) is 0 Å². The number of ether oxygens (including phenoxy) is 2. The molecule has 1 amide bonds. The molecule has 0 atom stereocenters. The van der Waals surface area contributed by atoms with Crippen molar-refractivity contribution in [3.05, 3.63) is 40.0 Å². The van der Waals surface area contributed by atoms with Gasteiger partial charge in [0.2, 0.25) is 0 Å². The van der Waals surface area contributed by atoms with Gasteiger partial charge in [-0.2, -0.15) is 5.10 Å². The first-order chi connectivity index (χ1) is 13.0. The SMILES string of the molecule is COc1cc(F)c(-c2cn(C)nc2CCNC(=O)OC(C)(C)C)cc1[N+](=O)[O-]. The molecule has 1 aromatic heterocycles. The predicted molar refractivity (Wildman–Crippen MR) is 99.7 cm³/mol. The van der Waals surface area contributed by atoms with Gasteiger partial charge in [0.15, 0.2) is 5.75 Å². The third-order valence-corrected chi connectivity index (χ3v) is 3.69. The van der Waals surface area contributed by atoms with Crippen LogP contribution in [0.1, 0.15) is 26.5 Å². The second kappa shape index (κ2) is 8.24. The van der Waals surface area contributed by atoms with Crippen molar-refractivity contribution in [1.29, 1.82) is 0 Å². The zero-order valence-corrected chi connectivity index (χ0v) is 16.4. The lowest BCUT2D eigenvalue weighted by atomic mass is 10.0. The number of hydrogen-bond donors (Lipinski definition) is 1. The minimum atomic E-state index is -0.670. The first kappa shape index (κ1) is 21.1. The number of methoxy groups -OCH3 is 1. The number of halogens is 1. The number of aryl methyl sites for hydroxylation is 1. The van der Waals surface area contributed by atoms with Crippen LogP contribution in [0.3, 0.4) is 0 Å². The zero-order chi connectivity index (χ0) is 21.1. The van der Waals surface area contributed by atoms with Crippen molar-refractivity contribution in [2.24, 2.45) is 7.05 Å². The topological polar surface area (TPSA) is 109 Å². The van der Waals surface area contributed by atoms with E-state index in [4.69, 9.17) is 9.47 Å². The molecule has 0 fully saturated rings. The highest BCUT2D eigenvalue weighted by Gasteiger charge is 2.23. The Bertz CT molecular complexity index is 889. The van der Waals surface area contributed by atoms with E-state index in [1.54, 1.807) is 34.0 Å². The molecule has 0 aliphatic rings. The summed E-state index contributed by atoms with van der Waals surface area (Å²) >= 11 is 0. The summed E-state index contributed by atoms with van der Waals surface area (Å²) in [4.78, 5) is 22.4. The lowest BCUT2D eigenvalue weighted by molar-refractivity contribution is -0.385. The Morgan fingerprint density at radius 3 is 2.61 bits per heavy atom. The predicted octanol–water partition coefficient (Wildman–Crippen LogP) is 3.21. The molecule has 2 rings (SSSR count). The number of nitrogens with zero attached hydrogens (tertiary/aromatic N) is 3. The van der Waals surface area contributed by atoms with Gasteiger partial charge in [-0.15, -0.1) is 0 Å². The summed E-state index contributed by atoms with van der Waals surface area (Å²) in [7, 11) is 2.89. The molecule has 0 aliphatic carbocycles. The molecule has 10 heteroatoms. The molecule has 2 aromatic rings. The number of aromatic nitrogens is 2. The fourth-order valence-corrected chi connectivity index (χ4v) is 2.60. The molecule has 0 aliphatic heterocycles. The van der Waals surface area contributed by atoms with Crippen molar-refractivity contribution in [1.82, 2.24) is 15.1 Å². The molecular formula is C18H23FN4O5. The van der Waals surface area contributed by atoms with Gasteiger partial charge in [0.05, 0.1) is 17.7 Å². The van der Waals surface area contributed by atoms with Crippen molar-refractivity contribution in [3.8, 4) is 16.9 Å². The molecule has 9 nitrogen and oxygen atoms in total. The molecule has 152 valence electrons. The average molecular weight is 394 g/mol. The highest BCUT2D eigenvalue weighted by atomic mass is 19.1. The molecule has 0 unspecified atom stereocenters. The molecule has 0 bridgehead atoms. The molecule has 1 N–H and O–H groups in total. The van der Waals surface area contributed by atoms with Gasteiger partial charge in [0, 0.05) is 49.5 Å². The van der Waals surface area contributed by atoms with Crippen molar-refractivity contribution in [3.63, 3.8) is 0 Å².